The van der Waals surface area contributed by atoms with Crippen LogP contribution in [-0.2, 0) is 16.6 Å². The number of unbranched alkanes of at least 4 members (excludes halogenated alkanes) is 2. The van der Waals surface area contributed by atoms with Crippen molar-refractivity contribution in [3.8, 4) is 5.75 Å². The summed E-state index contributed by atoms with van der Waals surface area (Å²) in [7, 11) is -4.64. The predicted octanol–water partition coefficient (Wildman–Crippen LogP) is 4.55. The Morgan fingerprint density at radius 3 is 2.36 bits per heavy atom. The van der Waals surface area contributed by atoms with Gasteiger partial charge in [-0.3, -0.25) is 9.29 Å². The van der Waals surface area contributed by atoms with Gasteiger partial charge >= 0.3 is 6.18 Å². The summed E-state index contributed by atoms with van der Waals surface area (Å²) in [6.45, 7) is 2.31. The van der Waals surface area contributed by atoms with Crippen LogP contribution >= 0.6 is 0 Å². The van der Waals surface area contributed by atoms with E-state index >= 15 is 0 Å². The highest BCUT2D eigenvalue weighted by molar-refractivity contribution is 7.92. The summed E-state index contributed by atoms with van der Waals surface area (Å²) in [5.74, 6) is -1.41. The molecule has 1 aromatic heterocycles. The van der Waals surface area contributed by atoms with Crippen molar-refractivity contribution in [2.45, 2.75) is 38.9 Å². The highest BCUT2D eigenvalue weighted by Crippen LogP contribution is 2.27. The first kappa shape index (κ1) is 22.0. The predicted molar refractivity (Wildman–Crippen MR) is 102 cm³/mol. The molecule has 0 N–H and O–H groups in total. The maximum atomic E-state index is 12.8. The number of rotatable bonds is 10. The Morgan fingerprint density at radius 2 is 1.79 bits per heavy atom. The van der Waals surface area contributed by atoms with Gasteiger partial charge in [-0.05, 0) is 42.8 Å². The molecule has 9 heteroatoms. The fourth-order valence-electron chi connectivity index (χ4n) is 2.52. The standard InChI is InChI=1S/C19H23F3N2O3S/c1-2-3-6-13-27-18-10-8-17(9-11-18)24(14-16-7-4-5-12-23-16)28(25,26)15-19(20,21)22/h4-5,7-12H,2-3,6,13-15H2,1H3. The summed E-state index contributed by atoms with van der Waals surface area (Å²) >= 11 is 0. The van der Waals surface area contributed by atoms with Crippen LogP contribution in [0.15, 0.2) is 48.7 Å². The molecule has 0 unspecified atom stereocenters. The van der Waals surface area contributed by atoms with Crippen LogP contribution in [0.3, 0.4) is 0 Å². The summed E-state index contributed by atoms with van der Waals surface area (Å²) in [5.41, 5.74) is 0.462. The fourth-order valence-corrected chi connectivity index (χ4v) is 3.87. The number of alkyl halides is 3. The molecule has 154 valence electrons. The van der Waals surface area contributed by atoms with E-state index in [0.717, 1.165) is 23.6 Å². The lowest BCUT2D eigenvalue weighted by molar-refractivity contribution is -0.106. The summed E-state index contributed by atoms with van der Waals surface area (Å²) in [5, 5.41) is 0. The van der Waals surface area contributed by atoms with Gasteiger partial charge in [0, 0.05) is 6.20 Å². The van der Waals surface area contributed by atoms with E-state index in [1.54, 1.807) is 30.3 Å². The van der Waals surface area contributed by atoms with Crippen LogP contribution in [0.1, 0.15) is 31.9 Å². The van der Waals surface area contributed by atoms with Gasteiger partial charge in [0.25, 0.3) is 0 Å². The van der Waals surface area contributed by atoms with Crippen molar-refractivity contribution < 1.29 is 26.3 Å². The van der Waals surface area contributed by atoms with Gasteiger partial charge in [-0.2, -0.15) is 13.2 Å². The van der Waals surface area contributed by atoms with Crippen LogP contribution in [-0.4, -0.2) is 31.9 Å². The highest BCUT2D eigenvalue weighted by atomic mass is 32.2. The van der Waals surface area contributed by atoms with E-state index in [-0.39, 0.29) is 12.2 Å². The number of halogens is 3. The summed E-state index contributed by atoms with van der Waals surface area (Å²) < 4.78 is 69.5. The first-order chi connectivity index (χ1) is 13.2. The molecule has 2 rings (SSSR count). The molecule has 0 saturated carbocycles. The molecule has 0 spiro atoms. The Balaban J connectivity index is 2.23. The Bertz CT molecular complexity index is 826. The number of aromatic nitrogens is 1. The van der Waals surface area contributed by atoms with Crippen LogP contribution in [0.25, 0.3) is 0 Å². The third kappa shape index (κ3) is 7.03. The van der Waals surface area contributed by atoms with Crippen LogP contribution in [0.2, 0.25) is 0 Å². The van der Waals surface area contributed by atoms with Crippen LogP contribution in [0, 0.1) is 0 Å². The minimum atomic E-state index is -4.84. The molecular weight excluding hydrogens is 393 g/mol. The van der Waals surface area contributed by atoms with Gasteiger partial charge in [0.05, 0.1) is 24.5 Å². The monoisotopic (exact) mass is 416 g/mol. The van der Waals surface area contributed by atoms with Gasteiger partial charge in [0.1, 0.15) is 5.75 Å². The van der Waals surface area contributed by atoms with E-state index in [9.17, 15) is 21.6 Å². The number of anilines is 1. The molecule has 1 heterocycles. The third-order valence-electron chi connectivity index (χ3n) is 3.85. The molecular formula is C19H23F3N2O3S. The van der Waals surface area contributed by atoms with Crippen molar-refractivity contribution in [2.75, 3.05) is 16.7 Å². The van der Waals surface area contributed by atoms with Gasteiger partial charge in [-0.15, -0.1) is 0 Å². The number of benzene rings is 1. The van der Waals surface area contributed by atoms with Crippen molar-refractivity contribution in [1.82, 2.24) is 4.98 Å². The number of ether oxygens (including phenoxy) is 1. The van der Waals surface area contributed by atoms with Crippen molar-refractivity contribution in [3.05, 3.63) is 54.4 Å². The van der Waals surface area contributed by atoms with Gasteiger partial charge < -0.3 is 4.74 Å². The van der Waals surface area contributed by atoms with E-state index in [1.807, 2.05) is 0 Å². The Kier molecular flexibility index (Phi) is 7.68. The van der Waals surface area contributed by atoms with Gasteiger partial charge in [0.2, 0.25) is 10.0 Å². The molecule has 28 heavy (non-hydrogen) atoms. The summed E-state index contributed by atoms with van der Waals surface area (Å²) in [4.78, 5) is 4.02. The molecule has 2 aromatic rings. The molecule has 1 aromatic carbocycles. The van der Waals surface area contributed by atoms with Gasteiger partial charge in [0.15, 0.2) is 5.75 Å². The number of hydrogen-bond donors (Lipinski definition) is 0. The van der Waals surface area contributed by atoms with E-state index < -0.39 is 22.0 Å². The Labute approximate surface area is 163 Å². The molecule has 0 aliphatic rings. The van der Waals surface area contributed by atoms with Crippen molar-refractivity contribution >= 4 is 15.7 Å². The lowest BCUT2D eigenvalue weighted by Crippen LogP contribution is -2.37. The first-order valence-corrected chi connectivity index (χ1v) is 10.5. The zero-order valence-corrected chi connectivity index (χ0v) is 16.3. The SMILES string of the molecule is CCCCCOc1ccc(N(Cc2ccccn2)S(=O)(=O)CC(F)(F)F)cc1. The van der Waals surface area contributed by atoms with Crippen LogP contribution < -0.4 is 9.04 Å². The molecule has 0 atom stereocenters. The van der Waals surface area contributed by atoms with Crippen LogP contribution in [0.4, 0.5) is 18.9 Å². The smallest absolute Gasteiger partial charge is 0.404 e. The van der Waals surface area contributed by atoms with E-state index in [4.69, 9.17) is 4.74 Å². The normalized spacial score (nSPS) is 12.0. The summed E-state index contributed by atoms with van der Waals surface area (Å²) in [6, 6.07) is 10.8. The quantitative estimate of drug-likeness (QED) is 0.533. The zero-order chi connectivity index (χ0) is 20.6. The van der Waals surface area contributed by atoms with Crippen molar-refractivity contribution in [3.63, 3.8) is 0 Å². The molecule has 0 saturated heterocycles. The zero-order valence-electron chi connectivity index (χ0n) is 15.5. The molecule has 0 aliphatic carbocycles. The number of hydrogen-bond acceptors (Lipinski definition) is 4. The summed E-state index contributed by atoms with van der Waals surface area (Å²) in [6.07, 6.45) is -0.405. The lowest BCUT2D eigenvalue weighted by atomic mass is 10.2. The molecule has 0 amide bonds. The minimum absolute atomic E-state index is 0.121. The topological polar surface area (TPSA) is 59.5 Å². The lowest BCUT2D eigenvalue weighted by Gasteiger charge is -2.25. The second kappa shape index (κ2) is 9.77. The number of sulfonamides is 1. The molecule has 5 nitrogen and oxygen atoms in total. The first-order valence-electron chi connectivity index (χ1n) is 8.91. The number of nitrogens with zero attached hydrogens (tertiary/aromatic N) is 2. The third-order valence-corrected chi connectivity index (χ3v) is 5.56. The fraction of sp³-hybridized carbons (Fsp3) is 0.421. The van der Waals surface area contributed by atoms with E-state index in [2.05, 4.69) is 11.9 Å². The molecule has 0 aliphatic heterocycles. The van der Waals surface area contributed by atoms with Gasteiger partial charge in [-0.25, -0.2) is 8.42 Å². The average molecular weight is 416 g/mol. The molecule has 0 radical (unpaired) electrons. The molecule has 0 fully saturated rings. The van der Waals surface area contributed by atoms with E-state index in [0.29, 0.717) is 18.1 Å². The van der Waals surface area contributed by atoms with Crippen LogP contribution in [0.5, 0.6) is 5.75 Å². The van der Waals surface area contributed by atoms with Crippen molar-refractivity contribution in [2.24, 2.45) is 0 Å². The highest BCUT2D eigenvalue weighted by Gasteiger charge is 2.38. The second-order valence-electron chi connectivity index (χ2n) is 6.25. The maximum absolute atomic E-state index is 12.8. The van der Waals surface area contributed by atoms with Gasteiger partial charge in [-0.1, -0.05) is 25.8 Å². The minimum Gasteiger partial charge on any atom is -0.494 e. The largest absolute Gasteiger partial charge is 0.494 e. The molecule has 0 bridgehead atoms. The Morgan fingerprint density at radius 1 is 1.07 bits per heavy atom. The average Bonchev–Trinajstić information content (AvgIpc) is 2.63. The maximum Gasteiger partial charge on any atom is 0.404 e. The number of pyridine rings is 1. The second-order valence-corrected chi connectivity index (χ2v) is 8.14. The van der Waals surface area contributed by atoms with Crippen molar-refractivity contribution in [1.29, 1.82) is 0 Å². The Hall–Kier alpha value is -2.29. The van der Waals surface area contributed by atoms with E-state index in [1.165, 1.54) is 18.3 Å².